The molecule has 18 heteroatoms. The first-order valence-electron chi connectivity index (χ1n) is 20.3. The number of nitrogens with one attached hydrogen (secondary N) is 4. The number of ether oxygens (including phenoxy) is 2. The van der Waals surface area contributed by atoms with Crippen molar-refractivity contribution in [3.8, 4) is 33.9 Å². The van der Waals surface area contributed by atoms with E-state index >= 15 is 0 Å². The molecule has 0 radical (unpaired) electrons. The van der Waals surface area contributed by atoms with Gasteiger partial charge in [-0.3, -0.25) is 28.3 Å². The van der Waals surface area contributed by atoms with Crippen LogP contribution in [0.25, 0.3) is 33.9 Å². The summed E-state index contributed by atoms with van der Waals surface area (Å²) in [7, 11) is 5.93. The van der Waals surface area contributed by atoms with E-state index in [2.05, 4.69) is 40.5 Å². The molecule has 4 rings (SSSR count). The summed E-state index contributed by atoms with van der Waals surface area (Å²) in [4.78, 5) is 79.9. The zero-order chi connectivity index (χ0) is 46.6. The number of amides is 4. The summed E-state index contributed by atoms with van der Waals surface area (Å²) in [5, 5.41) is 5.87. The summed E-state index contributed by atoms with van der Waals surface area (Å²) >= 11 is 0. The molecule has 1 aromatic carbocycles. The molecule has 0 bridgehead atoms. The van der Waals surface area contributed by atoms with E-state index in [0.29, 0.717) is 40.8 Å². The second kappa shape index (κ2) is 18.6. The third kappa shape index (κ3) is 10.2. The maximum absolute atomic E-state index is 14.3. The summed E-state index contributed by atoms with van der Waals surface area (Å²) in [6.07, 6.45) is 5.36. The molecule has 4 amide bonds. The number of carbonyl (C=O) groups excluding carboxylic acids is 4. The average molecular weight is 865 g/mol. The van der Waals surface area contributed by atoms with Crippen LogP contribution >= 0.6 is 0 Å². The molecule has 0 aliphatic rings. The van der Waals surface area contributed by atoms with Crippen molar-refractivity contribution in [2.24, 2.45) is 16.2 Å². The Morgan fingerprint density at radius 3 is 1.52 bits per heavy atom. The molecule has 3 aromatic heterocycles. The van der Waals surface area contributed by atoms with Gasteiger partial charge in [-0.1, -0.05) is 79.7 Å². The number of hydrogen-bond donors (Lipinski definition) is 4. The number of imidazole rings is 2. The van der Waals surface area contributed by atoms with Gasteiger partial charge in [-0.25, -0.2) is 19.6 Å². The van der Waals surface area contributed by atoms with Gasteiger partial charge in [0.25, 0.3) is 11.8 Å². The van der Waals surface area contributed by atoms with Gasteiger partial charge in [0, 0.05) is 44.6 Å². The quantitative estimate of drug-likeness (QED) is 0.0870. The van der Waals surface area contributed by atoms with E-state index in [-0.39, 0.29) is 0 Å². The minimum absolute atomic E-state index is 0.427. The number of H-pyrrole nitrogens is 2. The highest BCUT2D eigenvalue weighted by molar-refractivity contribution is 5.89. The van der Waals surface area contributed by atoms with E-state index in [1.54, 1.807) is 24.8 Å². The topological polar surface area (TPSA) is 200 Å². The first kappa shape index (κ1) is 48.7. The van der Waals surface area contributed by atoms with Gasteiger partial charge in [-0.05, 0) is 31.2 Å². The molecule has 0 aliphatic carbocycles. The molecule has 0 fully saturated rings. The standard InChI is InChI=1S/C44H62F2N10O6/c1-15-28(53-36(57)43(9,41(5,6)24-45)61-38(59)55(11)12)34-49-23-32(52-34)31-22-47-29(20-48-31)26-16-18-27(19-17-26)30-21-50-35(51-30)33(40(2,3)4)54-37(58)44(10,42(7,8)25-46)62-39(60)56(13)14/h16-23,28,33H,15,24-25H2,1-14H3,(H,49,52)(H,50,51)(H,53,57)(H,54,58)/t28-,33+,43?,44?/m0/s1. The monoisotopic (exact) mass is 864 g/mol. The molecular weight excluding hydrogens is 803 g/mol. The smallest absolute Gasteiger partial charge is 0.410 e. The summed E-state index contributed by atoms with van der Waals surface area (Å²) in [5.74, 6) is -0.425. The maximum atomic E-state index is 14.3. The van der Waals surface area contributed by atoms with Gasteiger partial charge < -0.3 is 39.9 Å². The second-order valence-electron chi connectivity index (χ2n) is 18.6. The van der Waals surface area contributed by atoms with Crippen LogP contribution < -0.4 is 10.6 Å². The number of aromatic nitrogens is 6. The summed E-state index contributed by atoms with van der Waals surface area (Å²) in [5.41, 5.74) is -2.96. The third-order valence-corrected chi connectivity index (χ3v) is 11.5. The third-order valence-electron chi connectivity index (χ3n) is 11.5. The molecule has 0 aliphatic heterocycles. The van der Waals surface area contributed by atoms with Crippen molar-refractivity contribution >= 4 is 24.0 Å². The lowest BCUT2D eigenvalue weighted by Crippen LogP contribution is -2.60. The number of alkyl halides is 2. The Morgan fingerprint density at radius 1 is 0.629 bits per heavy atom. The van der Waals surface area contributed by atoms with Crippen molar-refractivity contribution in [3.63, 3.8) is 0 Å². The van der Waals surface area contributed by atoms with E-state index in [4.69, 9.17) is 9.47 Å². The molecule has 4 atom stereocenters. The lowest BCUT2D eigenvalue weighted by atomic mass is 9.75. The van der Waals surface area contributed by atoms with Crippen LogP contribution in [0.1, 0.15) is 99.4 Å². The number of carbonyl (C=O) groups is 4. The first-order valence-corrected chi connectivity index (χ1v) is 20.3. The number of hydrogen-bond acceptors (Lipinski definition) is 10. The Balaban J connectivity index is 1.50. The van der Waals surface area contributed by atoms with Crippen molar-refractivity contribution in [1.29, 1.82) is 0 Å². The normalized spacial score (nSPS) is 15.0. The largest absolute Gasteiger partial charge is 0.432 e. The minimum Gasteiger partial charge on any atom is -0.432 e. The Bertz CT molecular complexity index is 2200. The van der Waals surface area contributed by atoms with Crippen LogP contribution in [0.5, 0.6) is 0 Å². The molecule has 338 valence electrons. The predicted molar refractivity (Wildman–Crippen MR) is 231 cm³/mol. The number of benzene rings is 1. The van der Waals surface area contributed by atoms with Crippen LogP contribution in [0.2, 0.25) is 0 Å². The molecular formula is C44H62F2N10O6. The minimum atomic E-state index is -1.84. The molecule has 4 N–H and O–H groups in total. The number of aromatic amines is 2. The second-order valence-corrected chi connectivity index (χ2v) is 18.6. The molecule has 2 unspecified atom stereocenters. The molecule has 0 spiro atoms. The zero-order valence-electron chi connectivity index (χ0n) is 38.3. The van der Waals surface area contributed by atoms with Crippen LogP contribution in [0.3, 0.4) is 0 Å². The first-order chi connectivity index (χ1) is 28.7. The fraction of sp³-hybridized carbons (Fsp3) is 0.545. The fourth-order valence-corrected chi connectivity index (χ4v) is 6.10. The van der Waals surface area contributed by atoms with Crippen molar-refractivity contribution in [2.45, 2.75) is 98.9 Å². The molecule has 0 saturated carbocycles. The molecule has 16 nitrogen and oxygen atoms in total. The summed E-state index contributed by atoms with van der Waals surface area (Å²) < 4.78 is 39.7. The lowest BCUT2D eigenvalue weighted by Gasteiger charge is -2.42. The highest BCUT2D eigenvalue weighted by Crippen LogP contribution is 2.39. The summed E-state index contributed by atoms with van der Waals surface area (Å²) in [6.45, 7) is 14.7. The van der Waals surface area contributed by atoms with Crippen LogP contribution in [-0.2, 0) is 19.1 Å². The van der Waals surface area contributed by atoms with Gasteiger partial charge in [-0.15, -0.1) is 0 Å². The number of nitrogens with zero attached hydrogens (tertiary/aromatic N) is 6. The van der Waals surface area contributed by atoms with Gasteiger partial charge in [0.05, 0.1) is 67.3 Å². The highest BCUT2D eigenvalue weighted by atomic mass is 19.1. The van der Waals surface area contributed by atoms with E-state index in [9.17, 15) is 28.0 Å². The van der Waals surface area contributed by atoms with Gasteiger partial charge in [-0.2, -0.15) is 0 Å². The van der Waals surface area contributed by atoms with Crippen LogP contribution in [-0.4, -0.2) is 116 Å². The average Bonchev–Trinajstić information content (AvgIpc) is 3.92. The van der Waals surface area contributed by atoms with Crippen molar-refractivity contribution in [2.75, 3.05) is 41.5 Å². The van der Waals surface area contributed by atoms with Crippen LogP contribution in [0.4, 0.5) is 18.4 Å². The Hall–Kier alpha value is -5.94. The molecule has 3 heterocycles. The molecule has 62 heavy (non-hydrogen) atoms. The van der Waals surface area contributed by atoms with E-state index in [1.165, 1.54) is 79.5 Å². The van der Waals surface area contributed by atoms with Crippen LogP contribution in [0, 0.1) is 16.2 Å². The molecule has 4 aromatic rings. The van der Waals surface area contributed by atoms with Crippen LogP contribution in [0.15, 0.2) is 49.1 Å². The number of halogens is 2. The van der Waals surface area contributed by atoms with Gasteiger partial charge in [0.2, 0.25) is 0 Å². The highest BCUT2D eigenvalue weighted by Gasteiger charge is 2.53. The zero-order valence-corrected chi connectivity index (χ0v) is 38.3. The number of rotatable bonds is 16. The predicted octanol–water partition coefficient (Wildman–Crippen LogP) is 7.60. The van der Waals surface area contributed by atoms with Crippen molar-refractivity contribution < 1.29 is 37.4 Å². The Morgan fingerprint density at radius 2 is 1.06 bits per heavy atom. The van der Waals surface area contributed by atoms with Gasteiger partial charge in [0.15, 0.2) is 11.2 Å². The van der Waals surface area contributed by atoms with Gasteiger partial charge >= 0.3 is 12.2 Å². The summed E-state index contributed by atoms with van der Waals surface area (Å²) in [6, 6.07) is 6.30. The van der Waals surface area contributed by atoms with Gasteiger partial charge in [0.1, 0.15) is 17.3 Å². The Kier molecular flexibility index (Phi) is 14.6. The van der Waals surface area contributed by atoms with Crippen molar-refractivity contribution in [1.82, 2.24) is 50.3 Å². The SMILES string of the molecule is CC[C@H](NC(=O)C(C)(OC(=O)N(C)C)C(C)(C)CF)c1ncc(-c2cnc(-c3ccc(-c4cnc([C@@H](NC(=O)C(C)(OC(=O)N(C)C)C(C)(C)CF)C(C)(C)C)[nH]4)cc3)cn2)[nH]1. The van der Waals surface area contributed by atoms with E-state index in [0.717, 1.165) is 11.1 Å². The fourth-order valence-electron chi connectivity index (χ4n) is 6.10. The van der Waals surface area contributed by atoms with E-state index in [1.807, 2.05) is 52.0 Å². The van der Waals surface area contributed by atoms with Crippen molar-refractivity contribution in [3.05, 3.63) is 60.7 Å². The lowest BCUT2D eigenvalue weighted by molar-refractivity contribution is -0.155. The Labute approximate surface area is 362 Å². The molecule has 0 saturated heterocycles. The van der Waals surface area contributed by atoms with E-state index < -0.39 is 76.9 Å². The maximum Gasteiger partial charge on any atom is 0.410 e.